The van der Waals surface area contributed by atoms with Gasteiger partial charge in [-0.3, -0.25) is 4.79 Å². The predicted molar refractivity (Wildman–Crippen MR) is 94.3 cm³/mol. The van der Waals surface area contributed by atoms with Crippen molar-refractivity contribution in [3.05, 3.63) is 70.3 Å². The number of carboxylic acids is 1. The van der Waals surface area contributed by atoms with Gasteiger partial charge in [-0.05, 0) is 50.5 Å². The Morgan fingerprint density at radius 3 is 2.33 bits per heavy atom. The van der Waals surface area contributed by atoms with Gasteiger partial charge in [0.25, 0.3) is 0 Å². The van der Waals surface area contributed by atoms with Crippen molar-refractivity contribution in [2.24, 2.45) is 0 Å². The van der Waals surface area contributed by atoms with Crippen LogP contribution in [-0.2, 0) is 17.6 Å². The molecule has 0 heterocycles. The van der Waals surface area contributed by atoms with E-state index >= 15 is 0 Å². The second-order valence-corrected chi connectivity index (χ2v) is 6.35. The third kappa shape index (κ3) is 5.23. The molecule has 4 heteroatoms. The Balaban J connectivity index is 1.94. The Morgan fingerprint density at radius 1 is 1.04 bits per heavy atom. The van der Waals surface area contributed by atoms with Crippen LogP contribution in [0.4, 0.5) is 0 Å². The molecular formula is C20H23NO3. The van der Waals surface area contributed by atoms with Crippen molar-refractivity contribution in [3.63, 3.8) is 0 Å². The molecule has 0 aliphatic carbocycles. The summed E-state index contributed by atoms with van der Waals surface area (Å²) in [5, 5.41) is 12.0. The standard InChI is InChI=1S/C20H23NO3/c1-13-7-14(2)9-17(8-13)10-15(3)21-19(22)12-16-5-4-6-18(11-16)20(23)24/h4-9,11,15H,10,12H2,1-3H3,(H,21,22)(H,23,24). The van der Waals surface area contributed by atoms with Crippen LogP contribution in [0.1, 0.15) is 39.5 Å². The number of amides is 1. The molecule has 0 aliphatic heterocycles. The molecule has 1 amide bonds. The van der Waals surface area contributed by atoms with Gasteiger partial charge in [0, 0.05) is 6.04 Å². The minimum atomic E-state index is -0.986. The first kappa shape index (κ1) is 17.7. The van der Waals surface area contributed by atoms with Gasteiger partial charge >= 0.3 is 5.97 Å². The van der Waals surface area contributed by atoms with Gasteiger partial charge in [-0.1, -0.05) is 41.5 Å². The van der Waals surface area contributed by atoms with Gasteiger partial charge in [0.05, 0.1) is 12.0 Å². The van der Waals surface area contributed by atoms with Crippen molar-refractivity contribution in [2.45, 2.75) is 39.7 Å². The summed E-state index contributed by atoms with van der Waals surface area (Å²) in [5.74, 6) is -1.09. The number of aryl methyl sites for hydroxylation is 2. The molecule has 0 fully saturated rings. The highest BCUT2D eigenvalue weighted by Crippen LogP contribution is 2.11. The first-order valence-electron chi connectivity index (χ1n) is 8.02. The number of carbonyl (C=O) groups excluding carboxylic acids is 1. The number of carbonyl (C=O) groups is 2. The summed E-state index contributed by atoms with van der Waals surface area (Å²) in [6.07, 6.45) is 0.946. The third-order valence-electron chi connectivity index (χ3n) is 3.77. The van der Waals surface area contributed by atoms with Crippen LogP contribution in [0.5, 0.6) is 0 Å². The number of benzene rings is 2. The van der Waals surface area contributed by atoms with Gasteiger partial charge in [-0.2, -0.15) is 0 Å². The van der Waals surface area contributed by atoms with E-state index in [1.807, 2.05) is 6.92 Å². The Bertz CT molecular complexity index is 732. The lowest BCUT2D eigenvalue weighted by molar-refractivity contribution is -0.121. The van der Waals surface area contributed by atoms with Crippen LogP contribution in [0.25, 0.3) is 0 Å². The zero-order valence-electron chi connectivity index (χ0n) is 14.3. The number of carboxylic acid groups (broad SMARTS) is 1. The van der Waals surface area contributed by atoms with E-state index in [0.717, 1.165) is 6.42 Å². The highest BCUT2D eigenvalue weighted by molar-refractivity contribution is 5.88. The number of hydrogen-bond donors (Lipinski definition) is 2. The van der Waals surface area contributed by atoms with Crippen LogP contribution in [0.3, 0.4) is 0 Å². The van der Waals surface area contributed by atoms with Gasteiger partial charge in [-0.15, -0.1) is 0 Å². The Hall–Kier alpha value is -2.62. The molecule has 0 saturated heterocycles. The fourth-order valence-electron chi connectivity index (χ4n) is 2.92. The van der Waals surface area contributed by atoms with E-state index in [0.29, 0.717) is 5.56 Å². The normalized spacial score (nSPS) is 11.8. The molecule has 1 atom stereocenters. The van der Waals surface area contributed by atoms with Gasteiger partial charge in [-0.25, -0.2) is 4.79 Å². The molecule has 2 rings (SSSR count). The van der Waals surface area contributed by atoms with Crippen LogP contribution in [0, 0.1) is 13.8 Å². The maximum Gasteiger partial charge on any atom is 0.335 e. The van der Waals surface area contributed by atoms with Crippen LogP contribution in [0.15, 0.2) is 42.5 Å². The number of hydrogen-bond acceptors (Lipinski definition) is 2. The van der Waals surface area contributed by atoms with Crippen molar-refractivity contribution < 1.29 is 14.7 Å². The molecular weight excluding hydrogens is 302 g/mol. The van der Waals surface area contributed by atoms with Crippen molar-refractivity contribution in [3.8, 4) is 0 Å². The van der Waals surface area contributed by atoms with E-state index in [-0.39, 0.29) is 23.9 Å². The summed E-state index contributed by atoms with van der Waals surface area (Å²) >= 11 is 0. The van der Waals surface area contributed by atoms with E-state index in [2.05, 4.69) is 37.4 Å². The van der Waals surface area contributed by atoms with Crippen LogP contribution in [0.2, 0.25) is 0 Å². The van der Waals surface area contributed by atoms with Crippen molar-refractivity contribution in [1.82, 2.24) is 5.32 Å². The van der Waals surface area contributed by atoms with Crippen molar-refractivity contribution >= 4 is 11.9 Å². The maximum absolute atomic E-state index is 12.2. The summed E-state index contributed by atoms with van der Waals surface area (Å²) in [4.78, 5) is 23.1. The minimum Gasteiger partial charge on any atom is -0.478 e. The summed E-state index contributed by atoms with van der Waals surface area (Å²) in [6.45, 7) is 6.10. The zero-order chi connectivity index (χ0) is 17.7. The SMILES string of the molecule is Cc1cc(C)cc(CC(C)NC(=O)Cc2cccc(C(=O)O)c2)c1. The highest BCUT2D eigenvalue weighted by Gasteiger charge is 2.11. The predicted octanol–water partition coefficient (Wildman–Crippen LogP) is 3.29. The lowest BCUT2D eigenvalue weighted by Crippen LogP contribution is -2.35. The second kappa shape index (κ2) is 7.77. The summed E-state index contributed by atoms with van der Waals surface area (Å²) < 4.78 is 0. The van der Waals surface area contributed by atoms with E-state index in [1.54, 1.807) is 12.1 Å². The van der Waals surface area contributed by atoms with Gasteiger partial charge in [0.1, 0.15) is 0 Å². The molecule has 4 nitrogen and oxygen atoms in total. The second-order valence-electron chi connectivity index (χ2n) is 6.35. The quantitative estimate of drug-likeness (QED) is 0.856. The molecule has 1 unspecified atom stereocenters. The molecule has 2 N–H and O–H groups in total. The van der Waals surface area contributed by atoms with E-state index in [4.69, 9.17) is 5.11 Å². The van der Waals surface area contributed by atoms with Crippen LogP contribution < -0.4 is 5.32 Å². The smallest absolute Gasteiger partial charge is 0.335 e. The number of rotatable bonds is 6. The summed E-state index contributed by atoms with van der Waals surface area (Å²) in [6, 6.07) is 12.9. The Morgan fingerprint density at radius 2 is 1.71 bits per heavy atom. The lowest BCUT2D eigenvalue weighted by Gasteiger charge is -2.15. The first-order chi connectivity index (χ1) is 11.3. The molecule has 0 radical (unpaired) electrons. The molecule has 0 bridgehead atoms. The molecule has 2 aromatic carbocycles. The van der Waals surface area contributed by atoms with Crippen molar-refractivity contribution in [1.29, 1.82) is 0 Å². The molecule has 126 valence electrons. The molecule has 2 aromatic rings. The molecule has 0 aliphatic rings. The molecule has 0 aromatic heterocycles. The summed E-state index contributed by atoms with van der Waals surface area (Å²) in [5.41, 5.74) is 4.53. The van der Waals surface area contributed by atoms with Crippen LogP contribution >= 0.6 is 0 Å². The van der Waals surface area contributed by atoms with Crippen molar-refractivity contribution in [2.75, 3.05) is 0 Å². The maximum atomic E-state index is 12.2. The van der Waals surface area contributed by atoms with Crippen LogP contribution in [-0.4, -0.2) is 23.0 Å². The fraction of sp³-hybridized carbons (Fsp3) is 0.300. The lowest BCUT2D eigenvalue weighted by atomic mass is 10.0. The zero-order valence-corrected chi connectivity index (χ0v) is 14.3. The molecule has 24 heavy (non-hydrogen) atoms. The number of nitrogens with one attached hydrogen (secondary N) is 1. The average molecular weight is 325 g/mol. The number of aromatic carboxylic acids is 1. The molecule has 0 spiro atoms. The van der Waals surface area contributed by atoms with Gasteiger partial charge < -0.3 is 10.4 Å². The van der Waals surface area contributed by atoms with E-state index in [9.17, 15) is 9.59 Å². The Kier molecular flexibility index (Phi) is 5.74. The molecule has 0 saturated carbocycles. The average Bonchev–Trinajstić information content (AvgIpc) is 2.45. The Labute approximate surface area is 142 Å². The fourth-order valence-corrected chi connectivity index (χ4v) is 2.92. The largest absolute Gasteiger partial charge is 0.478 e. The first-order valence-corrected chi connectivity index (χ1v) is 8.02. The highest BCUT2D eigenvalue weighted by atomic mass is 16.4. The minimum absolute atomic E-state index is 0.0151. The topological polar surface area (TPSA) is 66.4 Å². The van der Waals surface area contributed by atoms with E-state index in [1.165, 1.54) is 28.8 Å². The van der Waals surface area contributed by atoms with Gasteiger partial charge in [0.2, 0.25) is 5.91 Å². The third-order valence-corrected chi connectivity index (χ3v) is 3.77. The van der Waals surface area contributed by atoms with Gasteiger partial charge in [0.15, 0.2) is 0 Å². The van der Waals surface area contributed by atoms with E-state index < -0.39 is 5.97 Å². The monoisotopic (exact) mass is 325 g/mol. The summed E-state index contributed by atoms with van der Waals surface area (Å²) in [7, 11) is 0.